The van der Waals surface area contributed by atoms with Gasteiger partial charge < -0.3 is 15.7 Å². The largest absolute Gasteiger partial charge is 0.508 e. The summed E-state index contributed by atoms with van der Waals surface area (Å²) in [6.07, 6.45) is 2.13. The Hall–Kier alpha value is -2.89. The summed E-state index contributed by atoms with van der Waals surface area (Å²) < 4.78 is 0. The van der Waals surface area contributed by atoms with Crippen LogP contribution in [-0.4, -0.2) is 28.4 Å². The molecule has 0 bridgehead atoms. The molecule has 1 aromatic heterocycles. The Labute approximate surface area is 128 Å². The van der Waals surface area contributed by atoms with Gasteiger partial charge in [0, 0.05) is 25.2 Å². The van der Waals surface area contributed by atoms with Crippen molar-refractivity contribution in [1.82, 2.24) is 10.3 Å². The van der Waals surface area contributed by atoms with Crippen molar-refractivity contribution in [2.24, 2.45) is 0 Å². The highest BCUT2D eigenvalue weighted by Crippen LogP contribution is 2.10. The standard InChI is InChI=1S/C16H17N3O3/c1-11(20)19-15-10-13(7-9-17-15)16(22)18-8-6-12-2-4-14(21)5-3-12/h2-5,7,9-10,21H,6,8H2,1H3,(H,18,22)(H,17,19,20). The first-order chi connectivity index (χ1) is 10.5. The molecule has 0 spiro atoms. The molecule has 0 saturated carbocycles. The Bertz CT molecular complexity index is 669. The lowest BCUT2D eigenvalue weighted by molar-refractivity contribution is -0.114. The molecule has 22 heavy (non-hydrogen) atoms. The van der Waals surface area contributed by atoms with Gasteiger partial charge in [-0.05, 0) is 36.2 Å². The Morgan fingerprint density at radius 1 is 1.18 bits per heavy atom. The van der Waals surface area contributed by atoms with Crippen LogP contribution in [0.1, 0.15) is 22.8 Å². The van der Waals surface area contributed by atoms with Gasteiger partial charge in [-0.2, -0.15) is 0 Å². The van der Waals surface area contributed by atoms with Gasteiger partial charge >= 0.3 is 0 Å². The number of pyridine rings is 1. The molecular weight excluding hydrogens is 282 g/mol. The maximum atomic E-state index is 12.0. The zero-order valence-corrected chi connectivity index (χ0v) is 12.2. The van der Waals surface area contributed by atoms with Gasteiger partial charge in [0.2, 0.25) is 5.91 Å². The predicted octanol–water partition coefficient (Wildman–Crippen LogP) is 1.72. The van der Waals surface area contributed by atoms with Gasteiger partial charge in [-0.1, -0.05) is 12.1 Å². The van der Waals surface area contributed by atoms with E-state index in [0.29, 0.717) is 24.3 Å². The quantitative estimate of drug-likeness (QED) is 0.784. The summed E-state index contributed by atoms with van der Waals surface area (Å²) in [6.45, 7) is 1.85. The average molecular weight is 299 g/mol. The van der Waals surface area contributed by atoms with E-state index in [1.165, 1.54) is 19.2 Å². The number of benzene rings is 1. The molecule has 0 aliphatic rings. The van der Waals surface area contributed by atoms with Crippen molar-refractivity contribution in [1.29, 1.82) is 0 Å². The molecule has 6 heteroatoms. The summed E-state index contributed by atoms with van der Waals surface area (Å²) in [6, 6.07) is 9.95. The molecule has 2 amide bonds. The third-order valence-electron chi connectivity index (χ3n) is 2.96. The summed E-state index contributed by atoms with van der Waals surface area (Å²) in [5.74, 6) is 0.0962. The van der Waals surface area contributed by atoms with Crippen LogP contribution in [0.5, 0.6) is 5.75 Å². The van der Waals surface area contributed by atoms with Crippen LogP contribution < -0.4 is 10.6 Å². The molecule has 0 atom stereocenters. The smallest absolute Gasteiger partial charge is 0.251 e. The van der Waals surface area contributed by atoms with Crippen molar-refractivity contribution in [3.05, 3.63) is 53.7 Å². The normalized spacial score (nSPS) is 10.0. The minimum atomic E-state index is -0.239. The molecule has 0 aliphatic carbocycles. The molecule has 0 radical (unpaired) electrons. The molecule has 0 aliphatic heterocycles. The number of aromatic nitrogens is 1. The van der Waals surface area contributed by atoms with Gasteiger partial charge in [0.05, 0.1) is 0 Å². The fraction of sp³-hybridized carbons (Fsp3) is 0.188. The van der Waals surface area contributed by atoms with Crippen molar-refractivity contribution < 1.29 is 14.7 Å². The van der Waals surface area contributed by atoms with Crippen molar-refractivity contribution in [3.8, 4) is 5.75 Å². The Morgan fingerprint density at radius 2 is 1.91 bits per heavy atom. The maximum Gasteiger partial charge on any atom is 0.251 e. The number of hydrogen-bond donors (Lipinski definition) is 3. The maximum absolute atomic E-state index is 12.0. The van der Waals surface area contributed by atoms with E-state index in [0.717, 1.165) is 5.56 Å². The number of carbonyl (C=O) groups is 2. The number of aromatic hydroxyl groups is 1. The van der Waals surface area contributed by atoms with E-state index >= 15 is 0 Å². The first kappa shape index (κ1) is 15.5. The lowest BCUT2D eigenvalue weighted by Crippen LogP contribution is -2.25. The van der Waals surface area contributed by atoms with Crippen LogP contribution in [0.2, 0.25) is 0 Å². The second-order valence-electron chi connectivity index (χ2n) is 4.78. The van der Waals surface area contributed by atoms with Gasteiger partial charge in [-0.25, -0.2) is 4.98 Å². The van der Waals surface area contributed by atoms with Gasteiger partial charge in [0.1, 0.15) is 11.6 Å². The Kier molecular flexibility index (Phi) is 5.08. The number of anilines is 1. The lowest BCUT2D eigenvalue weighted by atomic mass is 10.1. The SMILES string of the molecule is CC(=O)Nc1cc(C(=O)NCCc2ccc(O)cc2)ccn1. The second kappa shape index (κ2) is 7.21. The zero-order chi connectivity index (χ0) is 15.9. The van der Waals surface area contributed by atoms with E-state index in [1.807, 2.05) is 12.1 Å². The third-order valence-corrected chi connectivity index (χ3v) is 2.96. The summed E-state index contributed by atoms with van der Waals surface area (Å²) in [7, 11) is 0. The Morgan fingerprint density at radius 3 is 2.59 bits per heavy atom. The van der Waals surface area contributed by atoms with Crippen LogP contribution in [0.4, 0.5) is 5.82 Å². The predicted molar refractivity (Wildman–Crippen MR) is 82.7 cm³/mol. The number of rotatable bonds is 5. The molecule has 1 aromatic carbocycles. The van der Waals surface area contributed by atoms with E-state index in [4.69, 9.17) is 0 Å². The summed E-state index contributed by atoms with van der Waals surface area (Å²) >= 11 is 0. The number of nitrogens with zero attached hydrogens (tertiary/aromatic N) is 1. The highest BCUT2D eigenvalue weighted by molar-refractivity contribution is 5.96. The molecule has 3 N–H and O–H groups in total. The first-order valence-electron chi connectivity index (χ1n) is 6.84. The number of hydrogen-bond acceptors (Lipinski definition) is 4. The van der Waals surface area contributed by atoms with Crippen molar-refractivity contribution in [2.45, 2.75) is 13.3 Å². The van der Waals surface area contributed by atoms with Crippen molar-refractivity contribution in [3.63, 3.8) is 0 Å². The van der Waals surface area contributed by atoms with E-state index in [2.05, 4.69) is 15.6 Å². The molecule has 0 saturated heterocycles. The van der Waals surface area contributed by atoms with Crippen molar-refractivity contribution >= 4 is 17.6 Å². The van der Waals surface area contributed by atoms with Gasteiger partial charge in [-0.15, -0.1) is 0 Å². The van der Waals surface area contributed by atoms with E-state index in [-0.39, 0.29) is 17.6 Å². The van der Waals surface area contributed by atoms with Crippen molar-refractivity contribution in [2.75, 3.05) is 11.9 Å². The Balaban J connectivity index is 1.89. The molecule has 1 heterocycles. The van der Waals surface area contributed by atoms with Gasteiger partial charge in [0.25, 0.3) is 5.91 Å². The van der Waals surface area contributed by atoms with Crippen LogP contribution in [0.15, 0.2) is 42.6 Å². The molecule has 0 fully saturated rings. The van der Waals surface area contributed by atoms with Gasteiger partial charge in [0.15, 0.2) is 0 Å². The fourth-order valence-corrected chi connectivity index (χ4v) is 1.91. The molecular formula is C16H17N3O3. The third kappa shape index (κ3) is 4.59. The minimum absolute atomic E-state index is 0.218. The minimum Gasteiger partial charge on any atom is -0.508 e. The van der Waals surface area contributed by atoms with Crippen LogP contribution >= 0.6 is 0 Å². The molecule has 2 aromatic rings. The number of amides is 2. The van der Waals surface area contributed by atoms with E-state index in [9.17, 15) is 14.7 Å². The number of carbonyl (C=O) groups excluding carboxylic acids is 2. The van der Waals surface area contributed by atoms with Crippen LogP contribution in [0.3, 0.4) is 0 Å². The van der Waals surface area contributed by atoms with E-state index < -0.39 is 0 Å². The average Bonchev–Trinajstić information content (AvgIpc) is 2.49. The summed E-state index contributed by atoms with van der Waals surface area (Å²) in [4.78, 5) is 27.0. The molecule has 0 unspecified atom stereocenters. The fourth-order valence-electron chi connectivity index (χ4n) is 1.91. The number of phenols is 1. The van der Waals surface area contributed by atoms with Crippen LogP contribution in [-0.2, 0) is 11.2 Å². The number of phenolic OH excluding ortho intramolecular Hbond substituents is 1. The van der Waals surface area contributed by atoms with E-state index in [1.54, 1.807) is 18.2 Å². The highest BCUT2D eigenvalue weighted by Gasteiger charge is 2.07. The summed E-state index contributed by atoms with van der Waals surface area (Å²) in [5.41, 5.74) is 1.45. The molecule has 114 valence electrons. The molecule has 2 rings (SSSR count). The highest BCUT2D eigenvalue weighted by atomic mass is 16.3. The lowest BCUT2D eigenvalue weighted by Gasteiger charge is -2.07. The first-order valence-corrected chi connectivity index (χ1v) is 6.84. The summed E-state index contributed by atoms with van der Waals surface area (Å²) in [5, 5.41) is 14.5. The number of nitrogens with one attached hydrogen (secondary N) is 2. The van der Waals surface area contributed by atoms with Crippen LogP contribution in [0.25, 0.3) is 0 Å². The second-order valence-corrected chi connectivity index (χ2v) is 4.78. The van der Waals surface area contributed by atoms with Gasteiger partial charge in [-0.3, -0.25) is 9.59 Å². The monoisotopic (exact) mass is 299 g/mol. The molecule has 6 nitrogen and oxygen atoms in total. The topological polar surface area (TPSA) is 91.3 Å². The zero-order valence-electron chi connectivity index (χ0n) is 12.2. The van der Waals surface area contributed by atoms with Crippen LogP contribution in [0, 0.1) is 0 Å².